The van der Waals surface area contributed by atoms with E-state index in [1.165, 1.54) is 12.1 Å². The molecule has 4 nitrogen and oxygen atoms in total. The number of halogens is 1. The molecule has 0 heterocycles. The lowest BCUT2D eigenvalue weighted by Gasteiger charge is -2.17. The van der Waals surface area contributed by atoms with Gasteiger partial charge in [0.25, 0.3) is 5.91 Å². The van der Waals surface area contributed by atoms with Crippen LogP contribution in [0.4, 0.5) is 10.1 Å². The SMILES string of the molecule is Nc1ccc(F)cc1C(=O)NC(CO)c1ccccc1. The van der Waals surface area contributed by atoms with Crippen LogP contribution >= 0.6 is 0 Å². The molecule has 2 rings (SSSR count). The highest BCUT2D eigenvalue weighted by Gasteiger charge is 2.17. The Hall–Kier alpha value is -2.40. The van der Waals surface area contributed by atoms with E-state index in [-0.39, 0.29) is 17.9 Å². The van der Waals surface area contributed by atoms with Crippen molar-refractivity contribution in [3.05, 3.63) is 65.5 Å². The molecule has 0 aromatic heterocycles. The third-order valence-electron chi connectivity index (χ3n) is 2.95. The molecule has 4 N–H and O–H groups in total. The first-order valence-corrected chi connectivity index (χ1v) is 6.13. The minimum absolute atomic E-state index is 0.0550. The van der Waals surface area contributed by atoms with Crippen molar-refractivity contribution in [1.82, 2.24) is 5.32 Å². The monoisotopic (exact) mass is 274 g/mol. The number of nitrogens with one attached hydrogen (secondary N) is 1. The molecule has 20 heavy (non-hydrogen) atoms. The number of hydrogen-bond acceptors (Lipinski definition) is 3. The fourth-order valence-electron chi connectivity index (χ4n) is 1.88. The summed E-state index contributed by atoms with van der Waals surface area (Å²) in [4.78, 5) is 12.1. The standard InChI is InChI=1S/C15H15FN2O2/c16-11-6-7-13(17)12(8-11)15(20)18-14(9-19)10-4-2-1-3-5-10/h1-8,14,19H,9,17H2,(H,18,20). The number of benzene rings is 2. The molecule has 2 aromatic carbocycles. The minimum Gasteiger partial charge on any atom is -0.398 e. The second-order valence-corrected chi connectivity index (χ2v) is 4.35. The van der Waals surface area contributed by atoms with Crippen LogP contribution in [0.3, 0.4) is 0 Å². The molecule has 1 atom stereocenters. The van der Waals surface area contributed by atoms with E-state index < -0.39 is 17.8 Å². The maximum absolute atomic E-state index is 13.2. The van der Waals surface area contributed by atoms with Crippen LogP contribution in [0.2, 0.25) is 0 Å². The van der Waals surface area contributed by atoms with Gasteiger partial charge in [-0.05, 0) is 23.8 Å². The summed E-state index contributed by atoms with van der Waals surface area (Å²) in [5, 5.41) is 12.0. The topological polar surface area (TPSA) is 75.4 Å². The zero-order valence-corrected chi connectivity index (χ0v) is 10.7. The number of carbonyl (C=O) groups excluding carboxylic acids is 1. The van der Waals surface area contributed by atoms with Crippen molar-refractivity contribution in [2.24, 2.45) is 0 Å². The average molecular weight is 274 g/mol. The van der Waals surface area contributed by atoms with Gasteiger partial charge in [-0.1, -0.05) is 30.3 Å². The number of amides is 1. The molecule has 0 fully saturated rings. The van der Waals surface area contributed by atoms with Gasteiger partial charge in [0.2, 0.25) is 0 Å². The van der Waals surface area contributed by atoms with Crippen LogP contribution in [0.1, 0.15) is 22.0 Å². The molecule has 1 unspecified atom stereocenters. The third kappa shape index (κ3) is 3.13. The molecule has 0 spiro atoms. The number of aliphatic hydroxyl groups excluding tert-OH is 1. The Kier molecular flexibility index (Phi) is 4.32. The van der Waals surface area contributed by atoms with E-state index in [9.17, 15) is 14.3 Å². The highest BCUT2D eigenvalue weighted by Crippen LogP contribution is 2.16. The maximum Gasteiger partial charge on any atom is 0.254 e. The molecule has 0 aliphatic rings. The van der Waals surface area contributed by atoms with Gasteiger partial charge < -0.3 is 16.2 Å². The molecular weight excluding hydrogens is 259 g/mol. The second-order valence-electron chi connectivity index (χ2n) is 4.35. The number of rotatable bonds is 4. The van der Waals surface area contributed by atoms with Crippen LogP contribution in [-0.2, 0) is 0 Å². The third-order valence-corrected chi connectivity index (χ3v) is 2.95. The van der Waals surface area contributed by atoms with Gasteiger partial charge in [0, 0.05) is 5.69 Å². The van der Waals surface area contributed by atoms with Crippen molar-refractivity contribution < 1.29 is 14.3 Å². The lowest BCUT2D eigenvalue weighted by molar-refractivity contribution is 0.0916. The molecular formula is C15H15FN2O2. The zero-order valence-electron chi connectivity index (χ0n) is 10.7. The van der Waals surface area contributed by atoms with Crippen LogP contribution < -0.4 is 11.1 Å². The molecule has 104 valence electrons. The van der Waals surface area contributed by atoms with Gasteiger partial charge >= 0.3 is 0 Å². The molecule has 5 heteroatoms. The van der Waals surface area contributed by atoms with E-state index in [4.69, 9.17) is 5.73 Å². The van der Waals surface area contributed by atoms with Crippen molar-refractivity contribution in [3.63, 3.8) is 0 Å². The largest absolute Gasteiger partial charge is 0.398 e. The van der Waals surface area contributed by atoms with Crippen LogP contribution in [-0.4, -0.2) is 17.6 Å². The Bertz CT molecular complexity index is 602. The minimum atomic E-state index is -0.564. The van der Waals surface area contributed by atoms with Gasteiger partial charge in [-0.3, -0.25) is 4.79 Å². The Morgan fingerprint density at radius 1 is 1.25 bits per heavy atom. The van der Waals surface area contributed by atoms with E-state index in [1.807, 2.05) is 6.07 Å². The van der Waals surface area contributed by atoms with Gasteiger partial charge in [-0.2, -0.15) is 0 Å². The van der Waals surface area contributed by atoms with Crippen molar-refractivity contribution in [1.29, 1.82) is 0 Å². The van der Waals surface area contributed by atoms with Crippen molar-refractivity contribution in [2.75, 3.05) is 12.3 Å². The Morgan fingerprint density at radius 3 is 2.60 bits per heavy atom. The molecule has 0 saturated heterocycles. The van der Waals surface area contributed by atoms with Gasteiger partial charge in [0.05, 0.1) is 18.2 Å². The molecule has 2 aromatic rings. The molecule has 0 bridgehead atoms. The summed E-state index contributed by atoms with van der Waals surface area (Å²) in [6.07, 6.45) is 0. The summed E-state index contributed by atoms with van der Waals surface area (Å²) in [6, 6.07) is 12.1. The lowest BCUT2D eigenvalue weighted by atomic mass is 10.1. The number of nitrogens with two attached hydrogens (primary N) is 1. The van der Waals surface area contributed by atoms with Crippen LogP contribution in [0.5, 0.6) is 0 Å². The normalized spacial score (nSPS) is 11.9. The zero-order chi connectivity index (χ0) is 14.5. The molecule has 0 saturated carbocycles. The highest BCUT2D eigenvalue weighted by molar-refractivity contribution is 5.99. The molecule has 0 radical (unpaired) electrons. The second kappa shape index (κ2) is 6.16. The lowest BCUT2D eigenvalue weighted by Crippen LogP contribution is -2.31. The number of hydrogen-bond donors (Lipinski definition) is 3. The molecule has 0 aliphatic heterocycles. The number of aliphatic hydroxyl groups is 1. The van der Waals surface area contributed by atoms with E-state index in [0.717, 1.165) is 11.6 Å². The van der Waals surface area contributed by atoms with E-state index >= 15 is 0 Å². The summed E-state index contributed by atoms with van der Waals surface area (Å²) >= 11 is 0. The quantitative estimate of drug-likeness (QED) is 0.745. The molecule has 0 aliphatic carbocycles. The van der Waals surface area contributed by atoms with Gasteiger partial charge in [0.1, 0.15) is 5.82 Å². The first-order chi connectivity index (χ1) is 9.61. The van der Waals surface area contributed by atoms with Crippen LogP contribution in [0, 0.1) is 5.82 Å². The van der Waals surface area contributed by atoms with Gasteiger partial charge in [0.15, 0.2) is 0 Å². The average Bonchev–Trinajstić information content (AvgIpc) is 2.48. The predicted octanol–water partition coefficient (Wildman–Crippen LogP) is 1.87. The first-order valence-electron chi connectivity index (χ1n) is 6.13. The maximum atomic E-state index is 13.2. The fourth-order valence-corrected chi connectivity index (χ4v) is 1.88. The van der Waals surface area contributed by atoms with Crippen molar-refractivity contribution in [2.45, 2.75) is 6.04 Å². The van der Waals surface area contributed by atoms with Crippen LogP contribution in [0.25, 0.3) is 0 Å². The highest BCUT2D eigenvalue weighted by atomic mass is 19.1. The first kappa shape index (κ1) is 14.0. The van der Waals surface area contributed by atoms with Crippen molar-refractivity contribution in [3.8, 4) is 0 Å². The Labute approximate surface area is 116 Å². The predicted molar refractivity (Wildman–Crippen MR) is 74.5 cm³/mol. The Morgan fingerprint density at radius 2 is 1.95 bits per heavy atom. The van der Waals surface area contributed by atoms with Gasteiger partial charge in [-0.15, -0.1) is 0 Å². The summed E-state index contributed by atoms with van der Waals surface area (Å²) in [7, 11) is 0. The van der Waals surface area contributed by atoms with E-state index in [1.54, 1.807) is 24.3 Å². The summed E-state index contributed by atoms with van der Waals surface area (Å²) in [5.74, 6) is -1.06. The van der Waals surface area contributed by atoms with Crippen LogP contribution in [0.15, 0.2) is 48.5 Å². The van der Waals surface area contributed by atoms with Crippen molar-refractivity contribution >= 4 is 11.6 Å². The van der Waals surface area contributed by atoms with Gasteiger partial charge in [-0.25, -0.2) is 4.39 Å². The van der Waals surface area contributed by atoms with E-state index in [0.29, 0.717) is 0 Å². The molecule has 1 amide bonds. The summed E-state index contributed by atoms with van der Waals surface area (Å²) in [5.41, 5.74) is 6.66. The number of anilines is 1. The fraction of sp³-hybridized carbons (Fsp3) is 0.133. The Balaban J connectivity index is 2.20. The summed E-state index contributed by atoms with van der Waals surface area (Å²) < 4.78 is 13.2. The number of nitrogen functional groups attached to an aromatic ring is 1. The smallest absolute Gasteiger partial charge is 0.254 e. The number of carbonyl (C=O) groups is 1. The van der Waals surface area contributed by atoms with E-state index in [2.05, 4.69) is 5.32 Å². The summed E-state index contributed by atoms with van der Waals surface area (Å²) in [6.45, 7) is -0.259.